The van der Waals surface area contributed by atoms with Gasteiger partial charge >= 0.3 is 0 Å². The zero-order valence-corrected chi connectivity index (χ0v) is 11.5. The highest BCUT2D eigenvalue weighted by Crippen LogP contribution is 2.30. The summed E-state index contributed by atoms with van der Waals surface area (Å²) in [6.45, 7) is 5.33. The molecular formula is C15H24N4. The average molecular weight is 260 g/mol. The Bertz CT molecular complexity index is 386. The van der Waals surface area contributed by atoms with Crippen molar-refractivity contribution >= 4 is 5.82 Å². The minimum absolute atomic E-state index is 0.724. The first-order chi connectivity index (χ1) is 9.38. The summed E-state index contributed by atoms with van der Waals surface area (Å²) in [6.07, 6.45) is 5.89. The van der Waals surface area contributed by atoms with Crippen molar-refractivity contribution in [2.75, 3.05) is 37.6 Å². The van der Waals surface area contributed by atoms with Crippen LogP contribution in [0, 0.1) is 5.92 Å². The molecule has 1 aliphatic carbocycles. The molecule has 0 aromatic carbocycles. The smallest absolute Gasteiger partial charge is 0.128 e. The van der Waals surface area contributed by atoms with E-state index in [1.54, 1.807) is 0 Å². The summed E-state index contributed by atoms with van der Waals surface area (Å²) in [7, 11) is 0. The Morgan fingerprint density at radius 1 is 1.16 bits per heavy atom. The van der Waals surface area contributed by atoms with Crippen LogP contribution in [0.1, 0.15) is 19.3 Å². The number of piperazine rings is 1. The Morgan fingerprint density at radius 3 is 2.68 bits per heavy atom. The molecule has 1 aromatic heterocycles. The van der Waals surface area contributed by atoms with Crippen molar-refractivity contribution in [3.05, 3.63) is 24.4 Å². The number of aromatic nitrogens is 1. The molecular weight excluding hydrogens is 236 g/mol. The van der Waals surface area contributed by atoms with E-state index in [1.807, 2.05) is 12.3 Å². The summed E-state index contributed by atoms with van der Waals surface area (Å²) in [5, 5.41) is 0. The minimum Gasteiger partial charge on any atom is -0.354 e. The number of nitrogens with two attached hydrogens (primary N) is 1. The number of hydrogen-bond donors (Lipinski definition) is 1. The normalized spacial score (nSPS) is 28.8. The lowest BCUT2D eigenvalue weighted by Gasteiger charge is -2.40. The molecule has 1 saturated heterocycles. The summed E-state index contributed by atoms with van der Waals surface area (Å²) < 4.78 is 0. The summed E-state index contributed by atoms with van der Waals surface area (Å²) in [5.74, 6) is 1.84. The molecule has 2 unspecified atom stereocenters. The van der Waals surface area contributed by atoms with E-state index in [4.69, 9.17) is 5.73 Å². The highest BCUT2D eigenvalue weighted by molar-refractivity contribution is 5.38. The monoisotopic (exact) mass is 260 g/mol. The van der Waals surface area contributed by atoms with Crippen LogP contribution in [-0.2, 0) is 0 Å². The topological polar surface area (TPSA) is 45.4 Å². The minimum atomic E-state index is 0.724. The quantitative estimate of drug-likeness (QED) is 0.890. The summed E-state index contributed by atoms with van der Waals surface area (Å²) in [4.78, 5) is 9.49. The van der Waals surface area contributed by atoms with E-state index in [9.17, 15) is 0 Å². The highest BCUT2D eigenvalue weighted by Gasteiger charge is 2.32. The fraction of sp³-hybridized carbons (Fsp3) is 0.667. The molecule has 3 rings (SSSR count). The molecule has 1 aliphatic heterocycles. The van der Waals surface area contributed by atoms with E-state index < -0.39 is 0 Å². The number of hydrogen-bond acceptors (Lipinski definition) is 4. The maximum absolute atomic E-state index is 5.90. The van der Waals surface area contributed by atoms with Crippen LogP contribution in [0.5, 0.6) is 0 Å². The van der Waals surface area contributed by atoms with Crippen LogP contribution in [0.4, 0.5) is 5.82 Å². The molecule has 2 atom stereocenters. The third-order valence-corrected chi connectivity index (χ3v) is 4.68. The lowest BCUT2D eigenvalue weighted by Crippen LogP contribution is -2.52. The van der Waals surface area contributed by atoms with Gasteiger partial charge in [0.15, 0.2) is 0 Å². The van der Waals surface area contributed by atoms with Crippen LogP contribution in [0.15, 0.2) is 24.4 Å². The van der Waals surface area contributed by atoms with E-state index >= 15 is 0 Å². The predicted octanol–water partition coefficient (Wildman–Crippen LogP) is 1.33. The van der Waals surface area contributed by atoms with E-state index in [2.05, 4.69) is 26.9 Å². The first kappa shape index (κ1) is 12.9. The predicted molar refractivity (Wildman–Crippen MR) is 78.2 cm³/mol. The van der Waals surface area contributed by atoms with Crippen LogP contribution in [0.2, 0.25) is 0 Å². The van der Waals surface area contributed by atoms with Gasteiger partial charge in [-0.05, 0) is 37.4 Å². The van der Waals surface area contributed by atoms with Gasteiger partial charge in [0.25, 0.3) is 0 Å². The van der Waals surface area contributed by atoms with E-state index in [1.165, 1.54) is 19.3 Å². The van der Waals surface area contributed by atoms with E-state index in [-0.39, 0.29) is 0 Å². The Kier molecular flexibility index (Phi) is 3.99. The van der Waals surface area contributed by atoms with Gasteiger partial charge < -0.3 is 10.6 Å². The van der Waals surface area contributed by atoms with Crippen LogP contribution < -0.4 is 10.6 Å². The first-order valence-electron chi connectivity index (χ1n) is 7.48. The summed E-state index contributed by atoms with van der Waals surface area (Å²) in [6, 6.07) is 6.88. The van der Waals surface area contributed by atoms with Gasteiger partial charge in [0.2, 0.25) is 0 Å². The second-order valence-electron chi connectivity index (χ2n) is 5.70. The van der Waals surface area contributed by atoms with Crippen molar-refractivity contribution < 1.29 is 0 Å². The lowest BCUT2D eigenvalue weighted by molar-refractivity contribution is 0.153. The third-order valence-electron chi connectivity index (χ3n) is 4.68. The molecule has 0 amide bonds. The Balaban J connectivity index is 1.58. The van der Waals surface area contributed by atoms with Gasteiger partial charge in [-0.1, -0.05) is 12.5 Å². The van der Waals surface area contributed by atoms with Gasteiger partial charge in [-0.2, -0.15) is 0 Å². The van der Waals surface area contributed by atoms with E-state index in [0.29, 0.717) is 0 Å². The molecule has 2 N–H and O–H groups in total. The van der Waals surface area contributed by atoms with Crippen molar-refractivity contribution in [1.29, 1.82) is 0 Å². The maximum atomic E-state index is 5.90. The Labute approximate surface area is 115 Å². The van der Waals surface area contributed by atoms with Crippen LogP contribution in [-0.4, -0.2) is 48.6 Å². The number of pyridine rings is 1. The van der Waals surface area contributed by atoms with Crippen molar-refractivity contribution in [2.24, 2.45) is 11.7 Å². The summed E-state index contributed by atoms with van der Waals surface area (Å²) >= 11 is 0. The van der Waals surface area contributed by atoms with Crippen LogP contribution in [0.3, 0.4) is 0 Å². The molecule has 1 saturated carbocycles. The maximum Gasteiger partial charge on any atom is 0.128 e. The van der Waals surface area contributed by atoms with Crippen LogP contribution in [0.25, 0.3) is 0 Å². The SMILES string of the molecule is NCC1CCCC1N1CCN(c2ccccn2)CC1. The van der Waals surface area contributed by atoms with Crippen molar-refractivity contribution in [3.63, 3.8) is 0 Å². The molecule has 0 radical (unpaired) electrons. The number of nitrogens with zero attached hydrogens (tertiary/aromatic N) is 3. The molecule has 4 nitrogen and oxygen atoms in total. The van der Waals surface area contributed by atoms with Gasteiger partial charge in [-0.15, -0.1) is 0 Å². The molecule has 1 aromatic rings. The standard InChI is InChI=1S/C15H24N4/c16-12-13-4-3-5-14(13)18-8-10-19(11-9-18)15-6-1-2-7-17-15/h1-2,6-7,13-14H,3-5,8-12,16H2. The van der Waals surface area contributed by atoms with Crippen molar-refractivity contribution in [1.82, 2.24) is 9.88 Å². The molecule has 4 heteroatoms. The van der Waals surface area contributed by atoms with Gasteiger partial charge in [0, 0.05) is 38.4 Å². The lowest BCUT2D eigenvalue weighted by atomic mass is 10.0. The largest absolute Gasteiger partial charge is 0.354 e. The summed E-state index contributed by atoms with van der Waals surface area (Å²) in [5.41, 5.74) is 5.90. The second kappa shape index (κ2) is 5.88. The molecule has 0 bridgehead atoms. The molecule has 2 fully saturated rings. The van der Waals surface area contributed by atoms with Gasteiger partial charge in [0.05, 0.1) is 0 Å². The fourth-order valence-corrected chi connectivity index (χ4v) is 3.60. The molecule has 2 aliphatic rings. The van der Waals surface area contributed by atoms with Gasteiger partial charge in [-0.25, -0.2) is 4.98 Å². The van der Waals surface area contributed by atoms with Crippen molar-refractivity contribution in [2.45, 2.75) is 25.3 Å². The zero-order valence-electron chi connectivity index (χ0n) is 11.5. The zero-order chi connectivity index (χ0) is 13.1. The first-order valence-corrected chi connectivity index (χ1v) is 7.48. The van der Waals surface area contributed by atoms with Gasteiger partial charge in [-0.3, -0.25) is 4.90 Å². The molecule has 104 valence electrons. The number of rotatable bonds is 3. The molecule has 0 spiro atoms. The number of anilines is 1. The molecule has 19 heavy (non-hydrogen) atoms. The average Bonchev–Trinajstić information content (AvgIpc) is 2.97. The second-order valence-corrected chi connectivity index (χ2v) is 5.70. The van der Waals surface area contributed by atoms with Crippen LogP contribution >= 0.6 is 0 Å². The van der Waals surface area contributed by atoms with E-state index in [0.717, 1.165) is 50.5 Å². The van der Waals surface area contributed by atoms with Crippen molar-refractivity contribution in [3.8, 4) is 0 Å². The Morgan fingerprint density at radius 2 is 2.00 bits per heavy atom. The fourth-order valence-electron chi connectivity index (χ4n) is 3.60. The Hall–Kier alpha value is -1.13. The highest BCUT2D eigenvalue weighted by atomic mass is 15.3. The molecule has 2 heterocycles. The third kappa shape index (κ3) is 2.74. The van der Waals surface area contributed by atoms with Gasteiger partial charge in [0.1, 0.15) is 5.82 Å².